The van der Waals surface area contributed by atoms with Crippen molar-refractivity contribution in [1.82, 2.24) is 9.97 Å². The molecule has 0 saturated carbocycles. The number of hydrogen-bond donors (Lipinski definition) is 1. The lowest BCUT2D eigenvalue weighted by atomic mass is 9.87. The molecular weight excluding hydrogens is 172 g/mol. The van der Waals surface area contributed by atoms with E-state index in [0.29, 0.717) is 5.92 Å². The number of nitrogens with one attached hydrogen (secondary N) is 1. The molecule has 1 aromatic rings. The van der Waals surface area contributed by atoms with Gasteiger partial charge in [0.15, 0.2) is 0 Å². The van der Waals surface area contributed by atoms with Crippen molar-refractivity contribution in [3.05, 3.63) is 17.7 Å². The van der Waals surface area contributed by atoms with Gasteiger partial charge in [-0.25, -0.2) is 4.98 Å². The van der Waals surface area contributed by atoms with E-state index >= 15 is 0 Å². The monoisotopic (exact) mass is 194 g/mol. The highest BCUT2D eigenvalue weighted by Crippen LogP contribution is 2.26. The minimum Gasteiger partial charge on any atom is -0.345 e. The largest absolute Gasteiger partial charge is 0.345 e. The van der Waals surface area contributed by atoms with Gasteiger partial charge in [-0.1, -0.05) is 34.6 Å². The first-order valence-corrected chi connectivity index (χ1v) is 5.56. The fourth-order valence-corrected chi connectivity index (χ4v) is 1.31. The molecule has 0 saturated heterocycles. The Balaban J connectivity index is 2.88. The van der Waals surface area contributed by atoms with Gasteiger partial charge in [-0.05, 0) is 12.8 Å². The van der Waals surface area contributed by atoms with Gasteiger partial charge in [0.1, 0.15) is 5.82 Å². The Morgan fingerprint density at radius 3 is 2.57 bits per heavy atom. The Kier molecular flexibility index (Phi) is 3.35. The maximum Gasteiger partial charge on any atom is 0.109 e. The summed E-state index contributed by atoms with van der Waals surface area (Å²) in [6.07, 6.45) is 4.26. The highest BCUT2D eigenvalue weighted by atomic mass is 14.9. The molecule has 0 fully saturated rings. The van der Waals surface area contributed by atoms with E-state index in [1.807, 2.05) is 6.20 Å². The number of hydrogen-bond acceptors (Lipinski definition) is 1. The van der Waals surface area contributed by atoms with E-state index in [9.17, 15) is 0 Å². The maximum atomic E-state index is 4.45. The number of aromatic amines is 1. The summed E-state index contributed by atoms with van der Waals surface area (Å²) in [5, 5.41) is 0. The van der Waals surface area contributed by atoms with Gasteiger partial charge in [-0.3, -0.25) is 0 Å². The van der Waals surface area contributed by atoms with Crippen molar-refractivity contribution in [2.24, 2.45) is 0 Å². The molecule has 1 N–H and O–H groups in total. The van der Waals surface area contributed by atoms with Crippen LogP contribution in [-0.4, -0.2) is 9.97 Å². The Labute approximate surface area is 87.1 Å². The molecular formula is C12H22N2. The molecule has 0 spiro atoms. The van der Waals surface area contributed by atoms with Gasteiger partial charge in [0, 0.05) is 23.2 Å². The van der Waals surface area contributed by atoms with Gasteiger partial charge in [-0.2, -0.15) is 0 Å². The second-order valence-electron chi connectivity index (χ2n) is 4.73. The second kappa shape index (κ2) is 4.16. The zero-order valence-corrected chi connectivity index (χ0v) is 10.0. The Morgan fingerprint density at radius 2 is 2.07 bits per heavy atom. The molecule has 80 valence electrons. The van der Waals surface area contributed by atoms with Crippen molar-refractivity contribution in [2.75, 3.05) is 0 Å². The molecule has 1 unspecified atom stereocenters. The Morgan fingerprint density at radius 1 is 1.43 bits per heavy atom. The van der Waals surface area contributed by atoms with Crippen LogP contribution in [0.1, 0.15) is 64.9 Å². The average Bonchev–Trinajstić information content (AvgIpc) is 2.66. The molecule has 0 aromatic carbocycles. The summed E-state index contributed by atoms with van der Waals surface area (Å²) < 4.78 is 0. The van der Waals surface area contributed by atoms with Gasteiger partial charge in [0.25, 0.3) is 0 Å². The minimum absolute atomic E-state index is 0.221. The van der Waals surface area contributed by atoms with Crippen LogP contribution in [0.5, 0.6) is 0 Å². The molecule has 0 radical (unpaired) electrons. The average molecular weight is 194 g/mol. The third kappa shape index (κ3) is 2.17. The van der Waals surface area contributed by atoms with Crippen LogP contribution in [0.25, 0.3) is 0 Å². The molecule has 0 aliphatic heterocycles. The van der Waals surface area contributed by atoms with E-state index in [-0.39, 0.29) is 5.41 Å². The molecule has 0 amide bonds. The third-order valence-corrected chi connectivity index (χ3v) is 3.29. The van der Waals surface area contributed by atoms with E-state index in [1.165, 1.54) is 5.69 Å². The van der Waals surface area contributed by atoms with E-state index in [0.717, 1.165) is 18.7 Å². The number of aromatic nitrogens is 2. The maximum absolute atomic E-state index is 4.45. The highest BCUT2D eigenvalue weighted by molar-refractivity contribution is 5.14. The number of nitrogens with zero attached hydrogens (tertiary/aromatic N) is 1. The van der Waals surface area contributed by atoms with Crippen LogP contribution in [0, 0.1) is 0 Å². The zero-order valence-electron chi connectivity index (χ0n) is 10.0. The lowest BCUT2D eigenvalue weighted by Crippen LogP contribution is -2.16. The van der Waals surface area contributed by atoms with Crippen molar-refractivity contribution in [1.29, 1.82) is 0 Å². The van der Waals surface area contributed by atoms with Crippen molar-refractivity contribution < 1.29 is 0 Å². The van der Waals surface area contributed by atoms with E-state index < -0.39 is 0 Å². The highest BCUT2D eigenvalue weighted by Gasteiger charge is 2.21. The normalized spacial score (nSPS) is 14.4. The van der Waals surface area contributed by atoms with E-state index in [4.69, 9.17) is 0 Å². The van der Waals surface area contributed by atoms with E-state index in [1.54, 1.807) is 0 Å². The van der Waals surface area contributed by atoms with Crippen molar-refractivity contribution in [3.8, 4) is 0 Å². The summed E-state index contributed by atoms with van der Waals surface area (Å²) in [7, 11) is 0. The standard InChI is InChI=1S/C12H22N2/c1-6-9(3)11-13-8-10(14-11)12(4,5)7-2/h8-9H,6-7H2,1-5H3,(H,13,14). The minimum atomic E-state index is 0.221. The number of H-pyrrole nitrogens is 1. The van der Waals surface area contributed by atoms with Crippen LogP contribution in [0.15, 0.2) is 6.20 Å². The van der Waals surface area contributed by atoms with Crippen LogP contribution in [0.3, 0.4) is 0 Å². The molecule has 1 heterocycles. The molecule has 0 aliphatic rings. The molecule has 14 heavy (non-hydrogen) atoms. The smallest absolute Gasteiger partial charge is 0.109 e. The van der Waals surface area contributed by atoms with Gasteiger partial charge in [0.05, 0.1) is 0 Å². The van der Waals surface area contributed by atoms with Gasteiger partial charge >= 0.3 is 0 Å². The number of rotatable bonds is 4. The molecule has 2 heteroatoms. The predicted molar refractivity (Wildman–Crippen MR) is 60.6 cm³/mol. The molecule has 0 aliphatic carbocycles. The van der Waals surface area contributed by atoms with Gasteiger partial charge in [-0.15, -0.1) is 0 Å². The summed E-state index contributed by atoms with van der Waals surface area (Å²) in [4.78, 5) is 7.89. The summed E-state index contributed by atoms with van der Waals surface area (Å²) in [6, 6.07) is 0. The van der Waals surface area contributed by atoms with Crippen LogP contribution < -0.4 is 0 Å². The van der Waals surface area contributed by atoms with Gasteiger partial charge in [0.2, 0.25) is 0 Å². The van der Waals surface area contributed by atoms with Crippen molar-refractivity contribution >= 4 is 0 Å². The lowest BCUT2D eigenvalue weighted by molar-refractivity contribution is 0.490. The quantitative estimate of drug-likeness (QED) is 0.779. The summed E-state index contributed by atoms with van der Waals surface area (Å²) in [6.45, 7) is 11.1. The van der Waals surface area contributed by atoms with Crippen LogP contribution in [-0.2, 0) is 5.41 Å². The topological polar surface area (TPSA) is 28.7 Å². The third-order valence-electron chi connectivity index (χ3n) is 3.29. The summed E-state index contributed by atoms with van der Waals surface area (Å²) in [5.41, 5.74) is 1.48. The fourth-order valence-electron chi connectivity index (χ4n) is 1.31. The van der Waals surface area contributed by atoms with E-state index in [2.05, 4.69) is 44.6 Å². The lowest BCUT2D eigenvalue weighted by Gasteiger charge is -2.20. The predicted octanol–water partition coefficient (Wildman–Crippen LogP) is 3.61. The molecule has 2 nitrogen and oxygen atoms in total. The SMILES string of the molecule is CCC(C)c1ncc(C(C)(C)CC)[nH]1. The van der Waals surface area contributed by atoms with Crippen LogP contribution in [0.2, 0.25) is 0 Å². The first-order chi connectivity index (χ1) is 6.51. The second-order valence-corrected chi connectivity index (χ2v) is 4.73. The number of imidazole rings is 1. The Hall–Kier alpha value is -0.790. The van der Waals surface area contributed by atoms with Crippen molar-refractivity contribution in [3.63, 3.8) is 0 Å². The van der Waals surface area contributed by atoms with Crippen LogP contribution in [0.4, 0.5) is 0 Å². The molecule has 1 rings (SSSR count). The zero-order chi connectivity index (χ0) is 10.8. The molecule has 0 bridgehead atoms. The Bertz CT molecular complexity index is 286. The fraction of sp³-hybridized carbons (Fsp3) is 0.750. The molecule has 1 atom stereocenters. The van der Waals surface area contributed by atoms with Crippen LogP contribution >= 0.6 is 0 Å². The van der Waals surface area contributed by atoms with Crippen molar-refractivity contribution in [2.45, 2.75) is 58.8 Å². The first-order valence-electron chi connectivity index (χ1n) is 5.56. The summed E-state index contributed by atoms with van der Waals surface area (Å²) in [5.74, 6) is 1.67. The summed E-state index contributed by atoms with van der Waals surface area (Å²) >= 11 is 0. The van der Waals surface area contributed by atoms with Gasteiger partial charge < -0.3 is 4.98 Å². The first kappa shape index (κ1) is 11.3. The molecule has 1 aromatic heterocycles.